The van der Waals surface area contributed by atoms with Gasteiger partial charge in [-0.05, 0) is 43.9 Å². The zero-order chi connectivity index (χ0) is 12.2. The van der Waals surface area contributed by atoms with Gasteiger partial charge in [0.25, 0.3) is 0 Å². The second-order valence-corrected chi connectivity index (χ2v) is 5.33. The highest BCUT2D eigenvalue weighted by Gasteiger charge is 2.36. The summed E-state index contributed by atoms with van der Waals surface area (Å²) >= 11 is 0. The molecule has 0 amide bonds. The van der Waals surface area contributed by atoms with Gasteiger partial charge < -0.3 is 9.47 Å². The van der Waals surface area contributed by atoms with Gasteiger partial charge in [-0.2, -0.15) is 0 Å². The van der Waals surface area contributed by atoms with E-state index in [0.29, 0.717) is 17.9 Å². The first-order valence-electron chi connectivity index (χ1n) is 6.31. The minimum absolute atomic E-state index is 0.0419. The van der Waals surface area contributed by atoms with Crippen LogP contribution in [0.4, 0.5) is 4.79 Å². The van der Waals surface area contributed by atoms with Crippen LogP contribution in [0.1, 0.15) is 53.4 Å². The van der Waals surface area contributed by atoms with Crippen LogP contribution in [0.15, 0.2) is 0 Å². The van der Waals surface area contributed by atoms with E-state index in [4.69, 9.17) is 9.47 Å². The highest BCUT2D eigenvalue weighted by Crippen LogP contribution is 2.42. The van der Waals surface area contributed by atoms with Gasteiger partial charge in [-0.3, -0.25) is 0 Å². The van der Waals surface area contributed by atoms with Crippen molar-refractivity contribution >= 4 is 6.16 Å². The van der Waals surface area contributed by atoms with E-state index in [1.54, 1.807) is 6.92 Å². The Hall–Kier alpha value is -0.730. The van der Waals surface area contributed by atoms with E-state index < -0.39 is 6.16 Å². The molecule has 0 heterocycles. The number of carbonyl (C=O) groups is 1. The summed E-state index contributed by atoms with van der Waals surface area (Å²) in [5.74, 6) is 0.626. The fraction of sp³-hybridized carbons (Fsp3) is 0.923. The minimum atomic E-state index is -0.513. The van der Waals surface area contributed by atoms with Crippen LogP contribution in [0.3, 0.4) is 0 Å². The third-order valence-corrected chi connectivity index (χ3v) is 3.89. The molecule has 3 heteroatoms. The summed E-state index contributed by atoms with van der Waals surface area (Å²) in [6.07, 6.45) is 3.83. The van der Waals surface area contributed by atoms with Gasteiger partial charge in [-0.25, -0.2) is 4.79 Å². The van der Waals surface area contributed by atoms with Gasteiger partial charge in [0.15, 0.2) is 0 Å². The molecule has 0 radical (unpaired) electrons. The van der Waals surface area contributed by atoms with E-state index in [2.05, 4.69) is 20.8 Å². The molecule has 1 saturated carbocycles. The molecule has 1 fully saturated rings. The summed E-state index contributed by atoms with van der Waals surface area (Å²) in [4.78, 5) is 11.2. The average molecular weight is 228 g/mol. The second-order valence-electron chi connectivity index (χ2n) is 5.33. The van der Waals surface area contributed by atoms with Crippen LogP contribution in [0.5, 0.6) is 0 Å². The summed E-state index contributed by atoms with van der Waals surface area (Å²) in [5.41, 5.74) is 0.301. The number of hydrogen-bond donors (Lipinski definition) is 0. The fourth-order valence-electron chi connectivity index (χ4n) is 2.37. The lowest BCUT2D eigenvalue weighted by atomic mass is 9.67. The molecule has 0 bridgehead atoms. The molecule has 16 heavy (non-hydrogen) atoms. The number of carbonyl (C=O) groups excluding carboxylic acids is 1. The Morgan fingerprint density at radius 3 is 2.75 bits per heavy atom. The third kappa shape index (κ3) is 3.39. The first-order chi connectivity index (χ1) is 7.48. The third-order valence-electron chi connectivity index (χ3n) is 3.89. The molecule has 0 N–H and O–H groups in total. The molecule has 1 aliphatic rings. The maximum Gasteiger partial charge on any atom is 0.508 e. The van der Waals surface area contributed by atoms with E-state index >= 15 is 0 Å². The molecule has 1 rings (SSSR count). The Bertz CT molecular complexity index is 237. The lowest BCUT2D eigenvalue weighted by Gasteiger charge is -2.40. The van der Waals surface area contributed by atoms with Crippen LogP contribution in [-0.4, -0.2) is 18.9 Å². The molecule has 1 aliphatic carbocycles. The van der Waals surface area contributed by atoms with E-state index in [9.17, 15) is 4.79 Å². The first-order valence-corrected chi connectivity index (χ1v) is 6.31. The normalized spacial score (nSPS) is 30.2. The number of rotatable bonds is 3. The summed E-state index contributed by atoms with van der Waals surface area (Å²) in [7, 11) is 0. The monoisotopic (exact) mass is 228 g/mol. The standard InChI is InChI=1S/C13H24O3/c1-5-15-12(14)16-11-7-6-8-13(4,9-11)10(2)3/h10-11H,5-9H2,1-4H3. The summed E-state index contributed by atoms with van der Waals surface area (Å²) in [6, 6.07) is 0. The Labute approximate surface area is 98.5 Å². The van der Waals surface area contributed by atoms with Gasteiger partial charge >= 0.3 is 6.16 Å². The van der Waals surface area contributed by atoms with Crippen molar-refractivity contribution in [3.05, 3.63) is 0 Å². The molecule has 2 unspecified atom stereocenters. The van der Waals surface area contributed by atoms with Gasteiger partial charge in [-0.1, -0.05) is 20.8 Å². The molecule has 0 aliphatic heterocycles. The van der Waals surface area contributed by atoms with Crippen molar-refractivity contribution in [2.24, 2.45) is 11.3 Å². The molecule has 0 saturated heterocycles. The highest BCUT2D eigenvalue weighted by molar-refractivity contribution is 5.60. The van der Waals surface area contributed by atoms with E-state index in [0.717, 1.165) is 19.3 Å². The Kier molecular flexibility index (Phi) is 4.63. The zero-order valence-corrected chi connectivity index (χ0v) is 10.9. The van der Waals surface area contributed by atoms with Crippen molar-refractivity contribution < 1.29 is 14.3 Å². The van der Waals surface area contributed by atoms with Crippen molar-refractivity contribution in [3.63, 3.8) is 0 Å². The largest absolute Gasteiger partial charge is 0.508 e. The van der Waals surface area contributed by atoms with E-state index in [1.807, 2.05) is 0 Å². The van der Waals surface area contributed by atoms with Gasteiger partial charge in [0.05, 0.1) is 6.61 Å². The quantitative estimate of drug-likeness (QED) is 0.690. The molecule has 0 aromatic heterocycles. The van der Waals surface area contributed by atoms with Crippen LogP contribution in [0.25, 0.3) is 0 Å². The first kappa shape index (κ1) is 13.3. The molecule has 2 atom stereocenters. The fourth-order valence-corrected chi connectivity index (χ4v) is 2.37. The van der Waals surface area contributed by atoms with Crippen LogP contribution in [-0.2, 0) is 9.47 Å². The van der Waals surface area contributed by atoms with E-state index in [-0.39, 0.29) is 6.10 Å². The number of hydrogen-bond acceptors (Lipinski definition) is 3. The van der Waals surface area contributed by atoms with Crippen LogP contribution in [0.2, 0.25) is 0 Å². The maximum atomic E-state index is 11.2. The van der Waals surface area contributed by atoms with Crippen molar-refractivity contribution in [3.8, 4) is 0 Å². The average Bonchev–Trinajstić information content (AvgIpc) is 2.17. The Morgan fingerprint density at radius 2 is 2.19 bits per heavy atom. The van der Waals surface area contributed by atoms with Crippen molar-refractivity contribution in [1.82, 2.24) is 0 Å². The molecule has 0 aromatic rings. The summed E-state index contributed by atoms with van der Waals surface area (Å²) < 4.78 is 10.1. The molecular weight excluding hydrogens is 204 g/mol. The molecule has 0 aromatic carbocycles. The lowest BCUT2D eigenvalue weighted by Crippen LogP contribution is -2.35. The molecule has 0 spiro atoms. The molecule has 94 valence electrons. The SMILES string of the molecule is CCOC(=O)OC1CCCC(C)(C(C)C)C1. The maximum absolute atomic E-state index is 11.2. The summed E-state index contributed by atoms with van der Waals surface area (Å²) in [5, 5.41) is 0. The van der Waals surface area contributed by atoms with Crippen LogP contribution < -0.4 is 0 Å². The van der Waals surface area contributed by atoms with Crippen LogP contribution >= 0.6 is 0 Å². The van der Waals surface area contributed by atoms with Crippen molar-refractivity contribution in [1.29, 1.82) is 0 Å². The van der Waals surface area contributed by atoms with Crippen molar-refractivity contribution in [2.75, 3.05) is 6.61 Å². The zero-order valence-electron chi connectivity index (χ0n) is 10.9. The highest BCUT2D eigenvalue weighted by atomic mass is 16.7. The predicted octanol–water partition coefficient (Wildman–Crippen LogP) is 3.76. The minimum Gasteiger partial charge on any atom is -0.435 e. The number of ether oxygens (including phenoxy) is 2. The second kappa shape index (κ2) is 5.55. The van der Waals surface area contributed by atoms with Crippen molar-refractivity contribution in [2.45, 2.75) is 59.5 Å². The Morgan fingerprint density at radius 1 is 1.50 bits per heavy atom. The topological polar surface area (TPSA) is 35.5 Å². The predicted molar refractivity (Wildman–Crippen MR) is 63.3 cm³/mol. The van der Waals surface area contributed by atoms with Gasteiger partial charge in [0.1, 0.15) is 6.10 Å². The lowest BCUT2D eigenvalue weighted by molar-refractivity contribution is -0.0211. The van der Waals surface area contributed by atoms with Gasteiger partial charge in [0.2, 0.25) is 0 Å². The summed E-state index contributed by atoms with van der Waals surface area (Å²) in [6.45, 7) is 8.95. The smallest absolute Gasteiger partial charge is 0.435 e. The van der Waals surface area contributed by atoms with Gasteiger partial charge in [-0.15, -0.1) is 0 Å². The van der Waals surface area contributed by atoms with Crippen LogP contribution in [0, 0.1) is 11.3 Å². The van der Waals surface area contributed by atoms with E-state index in [1.165, 1.54) is 6.42 Å². The molecular formula is C13H24O3. The Balaban J connectivity index is 2.47. The molecule has 3 nitrogen and oxygen atoms in total. The van der Waals surface area contributed by atoms with Gasteiger partial charge in [0, 0.05) is 0 Å².